The van der Waals surface area contributed by atoms with E-state index >= 15 is 0 Å². The molecule has 0 saturated heterocycles. The number of ether oxygens (including phenoxy) is 1. The van der Waals surface area contributed by atoms with Gasteiger partial charge in [0.25, 0.3) is 0 Å². The van der Waals surface area contributed by atoms with E-state index in [1.54, 1.807) is 0 Å². The van der Waals surface area contributed by atoms with Gasteiger partial charge in [-0.25, -0.2) is 0 Å². The lowest BCUT2D eigenvalue weighted by Gasteiger charge is -2.32. The molecule has 2 aliphatic rings. The third-order valence-electron chi connectivity index (χ3n) is 7.21. The highest BCUT2D eigenvalue weighted by molar-refractivity contribution is 5.43. The summed E-state index contributed by atoms with van der Waals surface area (Å²) in [5.41, 5.74) is 2.48. The monoisotopic (exact) mass is 435 g/mol. The van der Waals surface area contributed by atoms with Gasteiger partial charge in [0.05, 0.1) is 18.8 Å². The minimum Gasteiger partial charge on any atom is -0.489 e. The van der Waals surface area contributed by atoms with Crippen LogP contribution in [0.4, 0.5) is 0 Å². The molecule has 6 nitrogen and oxygen atoms in total. The maximum absolute atomic E-state index is 10.8. The second-order valence-electron chi connectivity index (χ2n) is 9.42. The minimum absolute atomic E-state index is 0.0277. The maximum atomic E-state index is 10.8. The van der Waals surface area contributed by atoms with Crippen LogP contribution in [0.5, 0.6) is 5.75 Å². The first-order valence-corrected chi connectivity index (χ1v) is 12.2. The number of rotatable bonds is 13. The molecule has 2 aliphatic carbocycles. The zero-order valence-corrected chi connectivity index (χ0v) is 18.9. The molecule has 3 rings (SSSR count). The molecule has 1 fully saturated rings. The van der Waals surface area contributed by atoms with E-state index in [-0.39, 0.29) is 31.3 Å². The Morgan fingerprint density at radius 1 is 1.16 bits per heavy atom. The Kier molecular flexibility index (Phi) is 9.60. The van der Waals surface area contributed by atoms with Gasteiger partial charge < -0.3 is 25.2 Å². The number of nitrogens with one attached hydrogen (secondary N) is 1. The third-order valence-corrected chi connectivity index (χ3v) is 7.21. The Bertz CT molecular complexity index is 669. The fraction of sp³-hybridized carbons (Fsp3) is 0.760. The van der Waals surface area contributed by atoms with Gasteiger partial charge in [-0.1, -0.05) is 38.3 Å². The van der Waals surface area contributed by atoms with Crippen molar-refractivity contribution in [2.24, 2.45) is 17.8 Å². The molecule has 0 spiro atoms. The molecular formula is C25H41NO5. The van der Waals surface area contributed by atoms with Crippen molar-refractivity contribution in [1.29, 1.82) is 0 Å². The third kappa shape index (κ3) is 6.65. The van der Waals surface area contributed by atoms with Crippen molar-refractivity contribution in [3.63, 3.8) is 0 Å². The van der Waals surface area contributed by atoms with E-state index in [2.05, 4.69) is 18.3 Å². The Balaban J connectivity index is 1.58. The lowest BCUT2D eigenvalue weighted by Crippen LogP contribution is -2.36. The minimum atomic E-state index is -0.819. The Morgan fingerprint density at radius 2 is 2.00 bits per heavy atom. The first kappa shape index (κ1) is 24.5. The highest BCUT2D eigenvalue weighted by Gasteiger charge is 2.44. The SMILES string of the molecule is CCCCC[C@@H](O)CC[C@@H]1[C@H]2Cc3cccc(OCC(O)NCCO)c3C[C@H]2C[C@H]1O. The predicted molar refractivity (Wildman–Crippen MR) is 121 cm³/mol. The molecule has 0 radical (unpaired) electrons. The number of hydrogen-bond donors (Lipinski definition) is 5. The normalized spacial score (nSPS) is 26.9. The smallest absolute Gasteiger partial charge is 0.139 e. The first-order chi connectivity index (χ1) is 15.0. The van der Waals surface area contributed by atoms with Crippen LogP contribution in [0, 0.1) is 17.8 Å². The van der Waals surface area contributed by atoms with Crippen LogP contribution in [0.15, 0.2) is 18.2 Å². The van der Waals surface area contributed by atoms with Gasteiger partial charge in [0, 0.05) is 6.54 Å². The van der Waals surface area contributed by atoms with Crippen LogP contribution in [0.25, 0.3) is 0 Å². The second-order valence-corrected chi connectivity index (χ2v) is 9.42. The summed E-state index contributed by atoms with van der Waals surface area (Å²) in [7, 11) is 0. The summed E-state index contributed by atoms with van der Waals surface area (Å²) in [6.07, 6.45) is 7.25. The van der Waals surface area contributed by atoms with Gasteiger partial charge in [0.1, 0.15) is 18.6 Å². The molecule has 176 valence electrons. The molecule has 1 aromatic rings. The number of benzene rings is 1. The molecule has 1 aromatic carbocycles. The summed E-state index contributed by atoms with van der Waals surface area (Å²) in [4.78, 5) is 0. The van der Waals surface area contributed by atoms with Crippen LogP contribution >= 0.6 is 0 Å². The van der Waals surface area contributed by atoms with E-state index in [1.165, 1.54) is 24.0 Å². The summed E-state index contributed by atoms with van der Waals surface area (Å²) in [6.45, 7) is 2.61. The summed E-state index contributed by atoms with van der Waals surface area (Å²) in [6, 6.07) is 6.10. The number of aliphatic hydroxyl groups excluding tert-OH is 4. The Labute approximate surface area is 186 Å². The van der Waals surface area contributed by atoms with Gasteiger partial charge in [0.15, 0.2) is 0 Å². The first-order valence-electron chi connectivity index (χ1n) is 12.2. The Hall–Kier alpha value is -1.18. The fourth-order valence-corrected chi connectivity index (χ4v) is 5.56. The van der Waals surface area contributed by atoms with Crippen molar-refractivity contribution >= 4 is 0 Å². The van der Waals surface area contributed by atoms with Gasteiger partial charge in [-0.15, -0.1) is 0 Å². The van der Waals surface area contributed by atoms with Crippen molar-refractivity contribution in [3.8, 4) is 5.75 Å². The van der Waals surface area contributed by atoms with E-state index in [0.717, 1.165) is 50.7 Å². The van der Waals surface area contributed by atoms with Gasteiger partial charge in [-0.2, -0.15) is 0 Å². The molecule has 0 aliphatic heterocycles. The predicted octanol–water partition coefficient (Wildman–Crippen LogP) is 2.40. The van der Waals surface area contributed by atoms with Crippen molar-refractivity contribution < 1.29 is 25.2 Å². The molecule has 0 amide bonds. The van der Waals surface area contributed by atoms with Crippen LogP contribution in [0.1, 0.15) is 63.0 Å². The number of aliphatic hydroxyl groups is 4. The lowest BCUT2D eigenvalue weighted by atomic mass is 9.73. The standard InChI is InChI=1S/C25H41NO5/c1-2-3-4-7-19(28)9-10-20-21-13-17-6-5-8-24(31-16-25(30)26-11-12-27)22(17)14-18(21)15-23(20)29/h5-6,8,18-21,23,25-30H,2-4,7,9-16H2,1H3/t18-,19+,20+,21-,23+,25?/m0/s1. The molecule has 6 heteroatoms. The maximum Gasteiger partial charge on any atom is 0.139 e. The molecule has 5 N–H and O–H groups in total. The van der Waals surface area contributed by atoms with Gasteiger partial charge in [0.2, 0.25) is 0 Å². The molecule has 6 atom stereocenters. The van der Waals surface area contributed by atoms with Gasteiger partial charge >= 0.3 is 0 Å². The average molecular weight is 436 g/mol. The molecular weight excluding hydrogens is 394 g/mol. The second kappa shape index (κ2) is 12.2. The molecule has 0 heterocycles. The van der Waals surface area contributed by atoms with Crippen LogP contribution < -0.4 is 10.1 Å². The van der Waals surface area contributed by atoms with Gasteiger partial charge in [-0.05, 0) is 73.5 Å². The summed E-state index contributed by atoms with van der Waals surface area (Å²) in [5.74, 6) is 1.96. The zero-order valence-electron chi connectivity index (χ0n) is 18.9. The van der Waals surface area contributed by atoms with Crippen molar-refractivity contribution in [3.05, 3.63) is 29.3 Å². The van der Waals surface area contributed by atoms with Crippen molar-refractivity contribution in [1.82, 2.24) is 5.32 Å². The van der Waals surface area contributed by atoms with E-state index in [0.29, 0.717) is 18.4 Å². The van der Waals surface area contributed by atoms with Gasteiger partial charge in [-0.3, -0.25) is 5.32 Å². The van der Waals surface area contributed by atoms with E-state index < -0.39 is 6.23 Å². The summed E-state index contributed by atoms with van der Waals surface area (Å²) < 4.78 is 5.90. The number of hydrogen-bond acceptors (Lipinski definition) is 6. The molecule has 0 aromatic heterocycles. The van der Waals surface area contributed by atoms with Crippen LogP contribution in [-0.4, -0.2) is 58.6 Å². The number of unbranched alkanes of at least 4 members (excludes halogenated alkanes) is 2. The van der Waals surface area contributed by atoms with E-state index in [9.17, 15) is 15.3 Å². The molecule has 0 bridgehead atoms. The van der Waals surface area contributed by atoms with Crippen molar-refractivity contribution in [2.45, 2.75) is 83.1 Å². The zero-order chi connectivity index (χ0) is 22.2. The summed E-state index contributed by atoms with van der Waals surface area (Å²) in [5, 5.41) is 42.7. The topological polar surface area (TPSA) is 102 Å². The fourth-order valence-electron chi connectivity index (χ4n) is 5.56. The number of fused-ring (bicyclic) bond motifs is 2. The molecule has 31 heavy (non-hydrogen) atoms. The highest BCUT2D eigenvalue weighted by atomic mass is 16.5. The highest BCUT2D eigenvalue weighted by Crippen LogP contribution is 2.48. The average Bonchev–Trinajstić information content (AvgIpc) is 3.07. The largest absolute Gasteiger partial charge is 0.489 e. The van der Waals surface area contributed by atoms with E-state index in [4.69, 9.17) is 9.84 Å². The Morgan fingerprint density at radius 3 is 2.77 bits per heavy atom. The molecule has 1 unspecified atom stereocenters. The van der Waals surface area contributed by atoms with E-state index in [1.807, 2.05) is 12.1 Å². The van der Waals surface area contributed by atoms with Crippen LogP contribution in [0.3, 0.4) is 0 Å². The van der Waals surface area contributed by atoms with Crippen molar-refractivity contribution in [2.75, 3.05) is 19.8 Å². The quantitative estimate of drug-likeness (QED) is 0.241. The lowest BCUT2D eigenvalue weighted by molar-refractivity contribution is 0.0733. The van der Waals surface area contributed by atoms with Crippen LogP contribution in [-0.2, 0) is 12.8 Å². The molecule has 1 saturated carbocycles. The summed E-state index contributed by atoms with van der Waals surface area (Å²) >= 11 is 0. The van der Waals surface area contributed by atoms with Crippen LogP contribution in [0.2, 0.25) is 0 Å².